The summed E-state index contributed by atoms with van der Waals surface area (Å²) in [5.74, 6) is 0. The van der Waals surface area contributed by atoms with Crippen molar-refractivity contribution in [3.05, 3.63) is 0 Å². The van der Waals surface area contributed by atoms with Crippen LogP contribution in [0.4, 0.5) is 0 Å². The molecule has 0 saturated heterocycles. The Bertz CT molecular complexity index is 22.9. The number of aliphatic hydroxyl groups is 1. The van der Waals surface area contributed by atoms with Gasteiger partial charge in [0, 0.05) is 21.3 Å². The van der Waals surface area contributed by atoms with Crippen LogP contribution in [0.2, 0.25) is 0 Å². The molecule has 0 amide bonds. The first-order valence-corrected chi connectivity index (χ1v) is 2.13. The summed E-state index contributed by atoms with van der Waals surface area (Å²) in [5.41, 5.74) is 0. The molecule has 0 aromatic rings. The molecule has 0 aromatic carbocycles. The van der Waals surface area contributed by atoms with Crippen molar-refractivity contribution in [1.82, 2.24) is 0 Å². The van der Waals surface area contributed by atoms with Gasteiger partial charge in [-0.2, -0.15) is 0 Å². The van der Waals surface area contributed by atoms with Crippen LogP contribution in [0.15, 0.2) is 0 Å². The lowest BCUT2D eigenvalue weighted by atomic mass is 11.4. The molecule has 4 heteroatoms. The topological polar surface area (TPSA) is 55.8 Å². The van der Waals surface area contributed by atoms with Crippen LogP contribution < -0.4 is 0 Å². The summed E-state index contributed by atoms with van der Waals surface area (Å²) in [6.45, 7) is 2.39. The SMILES string of the molecule is C=O.CO.COCOC. The molecule has 0 spiro atoms. The highest BCUT2D eigenvalue weighted by Gasteiger charge is 1.63. The zero-order valence-corrected chi connectivity index (χ0v) is 6.09. The molecule has 0 saturated carbocycles. The number of aliphatic hydroxyl groups excluding tert-OH is 1. The molecule has 0 aliphatic carbocycles. The van der Waals surface area contributed by atoms with E-state index in [-0.39, 0.29) is 0 Å². The van der Waals surface area contributed by atoms with Crippen LogP contribution in [-0.2, 0) is 14.3 Å². The molecule has 0 atom stereocenters. The Hall–Kier alpha value is -0.450. The van der Waals surface area contributed by atoms with Crippen LogP contribution >= 0.6 is 0 Å². The second kappa shape index (κ2) is 49.8. The second-order valence-electron chi connectivity index (χ2n) is 0.695. The van der Waals surface area contributed by atoms with Gasteiger partial charge in [-0.1, -0.05) is 0 Å². The summed E-state index contributed by atoms with van der Waals surface area (Å²) < 4.78 is 8.94. The Kier molecular flexibility index (Phi) is 87.6. The Morgan fingerprint density at radius 3 is 1.44 bits per heavy atom. The number of hydrogen-bond acceptors (Lipinski definition) is 4. The Balaban J connectivity index is -0.0000000771. The van der Waals surface area contributed by atoms with Gasteiger partial charge < -0.3 is 19.4 Å². The molecule has 9 heavy (non-hydrogen) atoms. The van der Waals surface area contributed by atoms with Gasteiger partial charge in [-0.3, -0.25) is 0 Å². The third-order valence-corrected chi connectivity index (χ3v) is 0.236. The molecular weight excluding hydrogens is 124 g/mol. The zero-order chi connectivity index (χ0) is 8.12. The summed E-state index contributed by atoms with van der Waals surface area (Å²) >= 11 is 0. The molecule has 0 aliphatic rings. The molecule has 0 rings (SSSR count). The molecule has 0 fully saturated rings. The van der Waals surface area contributed by atoms with Gasteiger partial charge in [0.25, 0.3) is 0 Å². The van der Waals surface area contributed by atoms with Crippen molar-refractivity contribution in [3.8, 4) is 0 Å². The van der Waals surface area contributed by atoms with E-state index >= 15 is 0 Å². The van der Waals surface area contributed by atoms with Crippen LogP contribution in [0.1, 0.15) is 0 Å². The number of methoxy groups -OCH3 is 2. The van der Waals surface area contributed by atoms with E-state index in [1.807, 2.05) is 6.79 Å². The van der Waals surface area contributed by atoms with Crippen molar-refractivity contribution in [2.75, 3.05) is 28.1 Å². The minimum Gasteiger partial charge on any atom is -0.400 e. The number of carbonyl (C=O) groups excluding carboxylic acids is 1. The van der Waals surface area contributed by atoms with E-state index in [0.29, 0.717) is 6.79 Å². The van der Waals surface area contributed by atoms with Gasteiger partial charge in [0.2, 0.25) is 0 Å². The first-order valence-electron chi connectivity index (χ1n) is 2.13. The number of rotatable bonds is 2. The van der Waals surface area contributed by atoms with E-state index in [9.17, 15) is 0 Å². The lowest BCUT2D eigenvalue weighted by Crippen LogP contribution is -1.87. The fraction of sp³-hybridized carbons (Fsp3) is 0.800. The molecule has 0 unspecified atom stereocenters. The van der Waals surface area contributed by atoms with Crippen LogP contribution in [0, 0.1) is 0 Å². The van der Waals surface area contributed by atoms with E-state index in [4.69, 9.17) is 9.90 Å². The average Bonchev–Trinajstić information content (AvgIpc) is 1.98. The molecule has 4 nitrogen and oxygen atoms in total. The van der Waals surface area contributed by atoms with E-state index in [1.165, 1.54) is 0 Å². The predicted molar refractivity (Wildman–Crippen MR) is 34.1 cm³/mol. The smallest absolute Gasteiger partial charge is 0.145 e. The second-order valence-corrected chi connectivity index (χ2v) is 0.695. The van der Waals surface area contributed by atoms with Crippen molar-refractivity contribution >= 4 is 6.79 Å². The molecule has 58 valence electrons. The van der Waals surface area contributed by atoms with Crippen LogP contribution in [0.5, 0.6) is 0 Å². The maximum atomic E-state index is 8.00. The molecule has 0 aromatic heterocycles. The number of carbonyl (C=O) groups is 1. The molecule has 0 heterocycles. The van der Waals surface area contributed by atoms with Gasteiger partial charge in [0.05, 0.1) is 0 Å². The van der Waals surface area contributed by atoms with Gasteiger partial charge in [0.1, 0.15) is 13.6 Å². The molecule has 0 radical (unpaired) electrons. The Morgan fingerprint density at radius 1 is 1.22 bits per heavy atom. The van der Waals surface area contributed by atoms with E-state index in [2.05, 4.69) is 9.47 Å². The Labute approximate surface area is 55.4 Å². The maximum Gasteiger partial charge on any atom is 0.145 e. The van der Waals surface area contributed by atoms with E-state index in [0.717, 1.165) is 7.11 Å². The summed E-state index contributed by atoms with van der Waals surface area (Å²) in [6.07, 6.45) is 0. The lowest BCUT2D eigenvalue weighted by molar-refractivity contribution is -0.0979. The molecule has 0 aliphatic heterocycles. The van der Waals surface area contributed by atoms with Crippen LogP contribution in [0.3, 0.4) is 0 Å². The fourth-order valence-corrected chi connectivity index (χ4v) is 0.118. The molecule has 0 bridgehead atoms. The summed E-state index contributed by atoms with van der Waals surface area (Å²) in [6, 6.07) is 0. The standard InChI is InChI=1S/C3H8O2.CH4O.CH2O/c1-4-3-5-2;2*1-2/h3H2,1-2H3;2H,1H3;1H2. The number of hydrogen-bond donors (Lipinski definition) is 1. The maximum absolute atomic E-state index is 8.00. The van der Waals surface area contributed by atoms with Gasteiger partial charge in [-0.25, -0.2) is 0 Å². The third-order valence-electron chi connectivity index (χ3n) is 0.236. The highest BCUT2D eigenvalue weighted by molar-refractivity contribution is 5.10. The first-order chi connectivity index (χ1) is 4.41. The molecule has 1 N–H and O–H groups in total. The van der Waals surface area contributed by atoms with E-state index in [1.54, 1.807) is 14.2 Å². The third kappa shape index (κ3) is 96.8. The summed E-state index contributed by atoms with van der Waals surface area (Å²) in [5, 5.41) is 7.00. The monoisotopic (exact) mass is 138 g/mol. The van der Waals surface area contributed by atoms with Gasteiger partial charge in [-0.15, -0.1) is 0 Å². The lowest BCUT2D eigenvalue weighted by Gasteiger charge is -1.87. The normalized spacial score (nSPS) is 5.78. The highest BCUT2D eigenvalue weighted by atomic mass is 16.6. The van der Waals surface area contributed by atoms with Crippen LogP contribution in [-0.4, -0.2) is 40.0 Å². The van der Waals surface area contributed by atoms with Crippen LogP contribution in [0.25, 0.3) is 0 Å². The average molecular weight is 138 g/mol. The largest absolute Gasteiger partial charge is 0.400 e. The minimum atomic E-state index is 0.389. The van der Waals surface area contributed by atoms with Crippen molar-refractivity contribution in [3.63, 3.8) is 0 Å². The fourth-order valence-electron chi connectivity index (χ4n) is 0.118. The van der Waals surface area contributed by atoms with Gasteiger partial charge >= 0.3 is 0 Å². The first kappa shape index (κ1) is 15.8. The quantitative estimate of drug-likeness (QED) is 0.530. The molecular formula is C5H14O4. The predicted octanol–water partition coefficient (Wildman–Crippen LogP) is -0.340. The zero-order valence-electron chi connectivity index (χ0n) is 6.09. The van der Waals surface area contributed by atoms with E-state index < -0.39 is 0 Å². The van der Waals surface area contributed by atoms with Crippen molar-refractivity contribution in [2.24, 2.45) is 0 Å². The van der Waals surface area contributed by atoms with Crippen molar-refractivity contribution < 1.29 is 19.4 Å². The number of ether oxygens (including phenoxy) is 2. The van der Waals surface area contributed by atoms with Crippen molar-refractivity contribution in [2.45, 2.75) is 0 Å². The Morgan fingerprint density at radius 2 is 1.44 bits per heavy atom. The van der Waals surface area contributed by atoms with Gasteiger partial charge in [0.15, 0.2) is 0 Å². The minimum absolute atomic E-state index is 0.389. The highest BCUT2D eigenvalue weighted by Crippen LogP contribution is 1.60. The van der Waals surface area contributed by atoms with Crippen molar-refractivity contribution in [1.29, 1.82) is 0 Å². The summed E-state index contributed by atoms with van der Waals surface area (Å²) in [4.78, 5) is 8.00. The van der Waals surface area contributed by atoms with Gasteiger partial charge in [-0.05, 0) is 0 Å². The summed E-state index contributed by atoms with van der Waals surface area (Å²) in [7, 11) is 4.17.